The average Bonchev–Trinajstić information content (AvgIpc) is 2.93. The molecule has 0 unspecified atom stereocenters. The molecule has 0 fully saturated rings. The Morgan fingerprint density at radius 3 is 2.81 bits per heavy atom. The van der Waals surface area contributed by atoms with Gasteiger partial charge in [-0.1, -0.05) is 30.3 Å². The summed E-state index contributed by atoms with van der Waals surface area (Å²) in [5.74, 6) is 0.538. The number of ether oxygens (including phenoxy) is 1. The van der Waals surface area contributed by atoms with Crippen LogP contribution in [0.1, 0.15) is 5.56 Å². The summed E-state index contributed by atoms with van der Waals surface area (Å²) in [6, 6.07) is 11.4. The fraction of sp³-hybridized carbons (Fsp3) is 0.333. The number of methoxy groups -OCH3 is 1. The van der Waals surface area contributed by atoms with Crippen molar-refractivity contribution in [3.8, 4) is 0 Å². The van der Waals surface area contributed by atoms with Gasteiger partial charge in [0.2, 0.25) is 0 Å². The lowest BCUT2D eigenvalue weighted by atomic mass is 10.2. The summed E-state index contributed by atoms with van der Waals surface area (Å²) in [6.07, 6.45) is 1.81. The van der Waals surface area contributed by atoms with Crippen LogP contribution in [-0.2, 0) is 17.8 Å². The van der Waals surface area contributed by atoms with Crippen LogP contribution >= 0.6 is 0 Å². The van der Waals surface area contributed by atoms with Crippen molar-refractivity contribution >= 4 is 11.8 Å². The first-order chi connectivity index (χ1) is 10.2. The van der Waals surface area contributed by atoms with Gasteiger partial charge in [0.15, 0.2) is 5.82 Å². The Labute approximate surface area is 124 Å². The predicted octanol–water partition coefficient (Wildman–Crippen LogP) is 2.19. The molecule has 0 bridgehead atoms. The van der Waals surface area contributed by atoms with Crippen LogP contribution in [0.25, 0.3) is 0 Å². The van der Waals surface area contributed by atoms with E-state index in [0.717, 1.165) is 5.56 Å². The highest BCUT2D eigenvalue weighted by Crippen LogP contribution is 2.07. The van der Waals surface area contributed by atoms with E-state index in [2.05, 4.69) is 10.4 Å². The molecule has 2 rings (SSSR count). The lowest BCUT2D eigenvalue weighted by Gasteiger charge is -2.17. The minimum Gasteiger partial charge on any atom is -0.383 e. The Balaban J connectivity index is 1.87. The molecular weight excluding hydrogens is 268 g/mol. The Hall–Kier alpha value is -2.34. The summed E-state index contributed by atoms with van der Waals surface area (Å²) in [4.78, 5) is 13.7. The number of nitrogens with one attached hydrogen (secondary N) is 1. The number of benzene rings is 1. The van der Waals surface area contributed by atoms with Crippen LogP contribution in [0, 0.1) is 0 Å². The van der Waals surface area contributed by atoms with Gasteiger partial charge in [0.1, 0.15) is 0 Å². The van der Waals surface area contributed by atoms with E-state index in [4.69, 9.17) is 4.74 Å². The second-order valence-electron chi connectivity index (χ2n) is 4.73. The highest BCUT2D eigenvalue weighted by molar-refractivity contribution is 5.87. The zero-order valence-corrected chi connectivity index (χ0v) is 12.3. The molecule has 0 aliphatic rings. The molecule has 0 atom stereocenters. The molecule has 112 valence electrons. The van der Waals surface area contributed by atoms with Crippen LogP contribution in [0.4, 0.5) is 10.6 Å². The lowest BCUT2D eigenvalue weighted by Crippen LogP contribution is -2.31. The summed E-state index contributed by atoms with van der Waals surface area (Å²) in [6.45, 7) is 1.80. The van der Waals surface area contributed by atoms with Gasteiger partial charge in [-0.05, 0) is 5.56 Å². The van der Waals surface area contributed by atoms with E-state index in [0.29, 0.717) is 25.5 Å². The minimum absolute atomic E-state index is 0.184. The van der Waals surface area contributed by atoms with Crippen molar-refractivity contribution < 1.29 is 9.53 Å². The number of rotatable bonds is 6. The highest BCUT2D eigenvalue weighted by atomic mass is 16.5. The van der Waals surface area contributed by atoms with Crippen molar-refractivity contribution in [2.45, 2.75) is 13.1 Å². The Kier molecular flexibility index (Phi) is 5.34. The van der Waals surface area contributed by atoms with Crippen LogP contribution in [0.3, 0.4) is 0 Å². The smallest absolute Gasteiger partial charge is 0.323 e. The molecule has 0 aliphatic heterocycles. The maximum Gasteiger partial charge on any atom is 0.323 e. The minimum atomic E-state index is -0.184. The average molecular weight is 288 g/mol. The molecule has 0 saturated carbocycles. The van der Waals surface area contributed by atoms with Gasteiger partial charge in [-0.15, -0.1) is 0 Å². The second-order valence-corrected chi connectivity index (χ2v) is 4.73. The number of anilines is 1. The lowest BCUT2D eigenvalue weighted by molar-refractivity contribution is 0.183. The summed E-state index contributed by atoms with van der Waals surface area (Å²) in [5, 5.41) is 7.03. The normalized spacial score (nSPS) is 10.4. The summed E-state index contributed by atoms with van der Waals surface area (Å²) >= 11 is 0. The molecule has 2 amide bonds. The standard InChI is InChI=1S/C15H20N4O2/c1-18(12-13-6-4-3-5-7-13)15(20)16-14-8-9-19(17-14)10-11-21-2/h3-9H,10-12H2,1-2H3,(H,16,17,20). The highest BCUT2D eigenvalue weighted by Gasteiger charge is 2.10. The molecule has 0 aliphatic carbocycles. The Bertz CT molecular complexity index is 568. The number of carbonyl (C=O) groups excluding carboxylic acids is 1. The monoisotopic (exact) mass is 288 g/mol. The van der Waals surface area contributed by atoms with E-state index < -0.39 is 0 Å². The molecule has 6 nitrogen and oxygen atoms in total. The molecule has 21 heavy (non-hydrogen) atoms. The number of nitrogens with zero attached hydrogens (tertiary/aromatic N) is 3. The van der Waals surface area contributed by atoms with E-state index in [1.807, 2.05) is 36.5 Å². The van der Waals surface area contributed by atoms with Crippen LogP contribution in [0.2, 0.25) is 0 Å². The first kappa shape index (κ1) is 15.1. The Morgan fingerprint density at radius 2 is 2.10 bits per heavy atom. The van der Waals surface area contributed by atoms with Gasteiger partial charge < -0.3 is 9.64 Å². The third-order valence-electron chi connectivity index (χ3n) is 3.01. The summed E-state index contributed by atoms with van der Waals surface area (Å²) in [5.41, 5.74) is 1.08. The number of urea groups is 1. The zero-order chi connectivity index (χ0) is 15.1. The van der Waals surface area contributed by atoms with Gasteiger partial charge in [0.25, 0.3) is 0 Å². The fourth-order valence-electron chi connectivity index (χ4n) is 1.87. The van der Waals surface area contributed by atoms with Crippen molar-refractivity contribution in [2.75, 3.05) is 26.1 Å². The molecule has 1 heterocycles. The van der Waals surface area contributed by atoms with Crippen LogP contribution in [-0.4, -0.2) is 41.5 Å². The number of carbonyl (C=O) groups is 1. The number of hydrogen-bond donors (Lipinski definition) is 1. The van der Waals surface area contributed by atoms with Crippen molar-refractivity contribution in [3.05, 3.63) is 48.2 Å². The number of aromatic nitrogens is 2. The van der Waals surface area contributed by atoms with Crippen molar-refractivity contribution in [2.24, 2.45) is 0 Å². The molecule has 1 N–H and O–H groups in total. The molecule has 0 saturated heterocycles. The summed E-state index contributed by atoms with van der Waals surface area (Å²) in [7, 11) is 3.40. The third kappa shape index (κ3) is 4.61. The maximum absolute atomic E-state index is 12.1. The van der Waals surface area contributed by atoms with Crippen molar-refractivity contribution in [3.63, 3.8) is 0 Å². The van der Waals surface area contributed by atoms with Gasteiger partial charge in [0, 0.05) is 33.0 Å². The van der Waals surface area contributed by atoms with E-state index in [-0.39, 0.29) is 6.03 Å². The first-order valence-electron chi connectivity index (χ1n) is 6.77. The van der Waals surface area contributed by atoms with Crippen molar-refractivity contribution in [1.82, 2.24) is 14.7 Å². The largest absolute Gasteiger partial charge is 0.383 e. The topological polar surface area (TPSA) is 59.4 Å². The number of hydrogen-bond acceptors (Lipinski definition) is 3. The molecule has 2 aromatic rings. The fourth-order valence-corrected chi connectivity index (χ4v) is 1.87. The molecule has 0 radical (unpaired) electrons. The molecule has 1 aromatic carbocycles. The van der Waals surface area contributed by atoms with Crippen LogP contribution in [0.5, 0.6) is 0 Å². The third-order valence-corrected chi connectivity index (χ3v) is 3.01. The van der Waals surface area contributed by atoms with Crippen LogP contribution < -0.4 is 5.32 Å². The van der Waals surface area contributed by atoms with Gasteiger partial charge in [0.05, 0.1) is 13.2 Å². The Morgan fingerprint density at radius 1 is 1.33 bits per heavy atom. The molecule has 1 aromatic heterocycles. The molecule has 6 heteroatoms. The van der Waals surface area contributed by atoms with E-state index in [9.17, 15) is 4.79 Å². The van der Waals surface area contributed by atoms with Crippen molar-refractivity contribution in [1.29, 1.82) is 0 Å². The van der Waals surface area contributed by atoms with Gasteiger partial charge in [-0.2, -0.15) is 5.10 Å². The molecular formula is C15H20N4O2. The van der Waals surface area contributed by atoms with Gasteiger partial charge >= 0.3 is 6.03 Å². The molecule has 0 spiro atoms. The quantitative estimate of drug-likeness (QED) is 0.886. The van der Waals surface area contributed by atoms with Gasteiger partial charge in [-0.25, -0.2) is 4.79 Å². The van der Waals surface area contributed by atoms with E-state index >= 15 is 0 Å². The first-order valence-corrected chi connectivity index (χ1v) is 6.77. The predicted molar refractivity (Wildman–Crippen MR) is 81.0 cm³/mol. The van der Waals surface area contributed by atoms with E-state index in [1.54, 1.807) is 29.8 Å². The zero-order valence-electron chi connectivity index (χ0n) is 12.3. The summed E-state index contributed by atoms with van der Waals surface area (Å²) < 4.78 is 6.72. The van der Waals surface area contributed by atoms with E-state index in [1.165, 1.54) is 0 Å². The SMILES string of the molecule is COCCn1ccc(NC(=O)N(C)Cc2ccccc2)n1. The van der Waals surface area contributed by atoms with Crippen LogP contribution in [0.15, 0.2) is 42.6 Å². The van der Waals surface area contributed by atoms with Gasteiger partial charge in [-0.3, -0.25) is 10.00 Å². The maximum atomic E-state index is 12.1. The number of amides is 2. The second kappa shape index (κ2) is 7.44.